The number of hydrogen-bond acceptors (Lipinski definition) is 6. The largest absolute Gasteiger partial charge is 0.465 e. The van der Waals surface area contributed by atoms with Crippen molar-refractivity contribution >= 4 is 17.3 Å². The molecule has 0 unspecified atom stereocenters. The summed E-state index contributed by atoms with van der Waals surface area (Å²) in [5, 5.41) is 0. The van der Waals surface area contributed by atoms with Gasteiger partial charge < -0.3 is 9.47 Å². The number of nitrogens with zero attached hydrogens (tertiary/aromatic N) is 3. The van der Waals surface area contributed by atoms with E-state index in [0.29, 0.717) is 11.3 Å². The first-order chi connectivity index (χ1) is 13.8. The SMILES string of the molecule is COC(=O)/C(=C(/OC(N(C)C)(N(C)C)N(C)C)c1ccccc1)c1ccccc1. The molecule has 2 aromatic carbocycles. The van der Waals surface area contributed by atoms with Crippen LogP contribution in [0.5, 0.6) is 0 Å². The van der Waals surface area contributed by atoms with Crippen molar-refractivity contribution in [2.75, 3.05) is 49.4 Å². The molecule has 0 heterocycles. The molecule has 0 atom stereocenters. The lowest BCUT2D eigenvalue weighted by Crippen LogP contribution is -2.65. The quantitative estimate of drug-likeness (QED) is 0.224. The van der Waals surface area contributed by atoms with Crippen LogP contribution in [-0.2, 0) is 14.3 Å². The van der Waals surface area contributed by atoms with Crippen molar-refractivity contribution in [1.29, 1.82) is 0 Å². The highest BCUT2D eigenvalue weighted by molar-refractivity contribution is 6.23. The van der Waals surface area contributed by atoms with E-state index in [4.69, 9.17) is 9.47 Å². The predicted molar refractivity (Wildman–Crippen MR) is 117 cm³/mol. The molecule has 0 radical (unpaired) electrons. The van der Waals surface area contributed by atoms with Crippen LogP contribution in [0.3, 0.4) is 0 Å². The molecule has 0 aliphatic heterocycles. The highest BCUT2D eigenvalue weighted by atomic mass is 16.6. The van der Waals surface area contributed by atoms with E-state index in [1.165, 1.54) is 7.11 Å². The number of carbonyl (C=O) groups is 1. The molecule has 0 N–H and O–H groups in total. The van der Waals surface area contributed by atoms with Crippen LogP contribution in [0.15, 0.2) is 60.7 Å². The monoisotopic (exact) mass is 397 g/mol. The molecule has 29 heavy (non-hydrogen) atoms. The molecule has 0 bridgehead atoms. The fourth-order valence-corrected chi connectivity index (χ4v) is 3.50. The Labute approximate surface area is 173 Å². The van der Waals surface area contributed by atoms with Crippen LogP contribution in [0, 0.1) is 0 Å². The lowest BCUT2D eigenvalue weighted by molar-refractivity contribution is -0.260. The highest BCUT2D eigenvalue weighted by Crippen LogP contribution is 2.34. The minimum Gasteiger partial charge on any atom is -0.465 e. The second-order valence-electron chi connectivity index (χ2n) is 7.29. The van der Waals surface area contributed by atoms with E-state index in [9.17, 15) is 4.79 Å². The number of esters is 1. The Morgan fingerprint density at radius 2 is 1.14 bits per heavy atom. The summed E-state index contributed by atoms with van der Waals surface area (Å²) in [5.41, 5.74) is 1.88. The van der Waals surface area contributed by atoms with Crippen LogP contribution in [0.4, 0.5) is 0 Å². The van der Waals surface area contributed by atoms with Crippen molar-refractivity contribution in [3.05, 3.63) is 71.8 Å². The van der Waals surface area contributed by atoms with Gasteiger partial charge in [0.15, 0.2) is 0 Å². The molecule has 0 aliphatic carbocycles. The van der Waals surface area contributed by atoms with Gasteiger partial charge in [0.1, 0.15) is 11.3 Å². The fourth-order valence-electron chi connectivity index (χ4n) is 3.50. The van der Waals surface area contributed by atoms with Crippen LogP contribution >= 0.6 is 0 Å². The summed E-state index contributed by atoms with van der Waals surface area (Å²) < 4.78 is 11.9. The summed E-state index contributed by atoms with van der Waals surface area (Å²) in [6, 6.07) is 19.0. The van der Waals surface area contributed by atoms with E-state index < -0.39 is 11.9 Å². The zero-order chi connectivity index (χ0) is 21.6. The van der Waals surface area contributed by atoms with E-state index >= 15 is 0 Å². The summed E-state index contributed by atoms with van der Waals surface area (Å²) in [5.74, 6) is -0.959. The van der Waals surface area contributed by atoms with Gasteiger partial charge in [0.25, 0.3) is 5.97 Å². The van der Waals surface area contributed by atoms with Crippen LogP contribution in [0.2, 0.25) is 0 Å². The van der Waals surface area contributed by atoms with Gasteiger partial charge in [0.2, 0.25) is 0 Å². The molecular weight excluding hydrogens is 366 g/mol. The van der Waals surface area contributed by atoms with Gasteiger partial charge in [-0.3, -0.25) is 0 Å². The molecule has 0 spiro atoms. The second kappa shape index (κ2) is 9.69. The maximum absolute atomic E-state index is 12.9. The van der Waals surface area contributed by atoms with E-state index in [2.05, 4.69) is 0 Å². The van der Waals surface area contributed by atoms with E-state index in [1.807, 2.05) is 118 Å². The molecule has 0 fully saturated rings. The van der Waals surface area contributed by atoms with Crippen LogP contribution in [-0.4, -0.2) is 76.0 Å². The minimum absolute atomic E-state index is 0.370. The third-order valence-corrected chi connectivity index (χ3v) is 4.70. The van der Waals surface area contributed by atoms with Crippen molar-refractivity contribution in [1.82, 2.24) is 14.7 Å². The molecule has 6 nitrogen and oxygen atoms in total. The van der Waals surface area contributed by atoms with Crippen molar-refractivity contribution in [3.63, 3.8) is 0 Å². The number of rotatable bonds is 8. The smallest absolute Gasteiger partial charge is 0.342 e. The zero-order valence-corrected chi connectivity index (χ0v) is 18.3. The number of ether oxygens (including phenoxy) is 2. The Balaban J connectivity index is 2.84. The average molecular weight is 398 g/mol. The van der Waals surface area contributed by atoms with Gasteiger partial charge in [-0.05, 0) is 47.8 Å². The third kappa shape index (κ3) is 4.67. The molecule has 6 heteroatoms. The Hall–Kier alpha value is -2.67. The lowest BCUT2D eigenvalue weighted by atomic mass is 10.0. The summed E-state index contributed by atoms with van der Waals surface area (Å²) in [4.78, 5) is 18.8. The summed E-state index contributed by atoms with van der Waals surface area (Å²) >= 11 is 0. The molecule has 2 aromatic rings. The van der Waals surface area contributed by atoms with Gasteiger partial charge in [0.05, 0.1) is 7.11 Å². The average Bonchev–Trinajstić information content (AvgIpc) is 2.71. The number of hydrogen-bond donors (Lipinski definition) is 0. The Morgan fingerprint density at radius 1 is 0.724 bits per heavy atom. The first-order valence-corrected chi connectivity index (χ1v) is 9.40. The van der Waals surface area contributed by atoms with Gasteiger partial charge in [0, 0.05) is 5.56 Å². The third-order valence-electron chi connectivity index (χ3n) is 4.70. The van der Waals surface area contributed by atoms with Crippen molar-refractivity contribution in [2.45, 2.75) is 5.97 Å². The number of benzene rings is 2. The molecule has 0 amide bonds. The molecule has 156 valence electrons. The maximum atomic E-state index is 12.9. The first kappa shape index (κ1) is 22.6. The molecule has 2 rings (SSSR count). The topological polar surface area (TPSA) is 45.3 Å². The van der Waals surface area contributed by atoms with Crippen molar-refractivity contribution in [2.24, 2.45) is 0 Å². The van der Waals surface area contributed by atoms with Crippen LogP contribution < -0.4 is 0 Å². The van der Waals surface area contributed by atoms with Gasteiger partial charge in [-0.1, -0.05) is 60.7 Å². The molecule has 0 aromatic heterocycles. The van der Waals surface area contributed by atoms with E-state index in [0.717, 1.165) is 11.1 Å². The maximum Gasteiger partial charge on any atom is 0.342 e. The first-order valence-electron chi connectivity index (χ1n) is 9.40. The van der Waals surface area contributed by atoms with Gasteiger partial charge >= 0.3 is 5.97 Å². The molecule has 0 aliphatic rings. The Morgan fingerprint density at radius 3 is 1.52 bits per heavy atom. The summed E-state index contributed by atoms with van der Waals surface area (Å²) in [7, 11) is 13.0. The number of methoxy groups -OCH3 is 1. The Kier molecular flexibility index (Phi) is 7.56. The standard InChI is InChI=1S/C23H31N3O3/c1-24(2)23(25(3)4,26(5)6)29-21(19-16-12-9-13-17-19)20(22(27)28-7)18-14-10-8-11-15-18/h8-17H,1-7H3/b21-20+. The van der Waals surface area contributed by atoms with Crippen LogP contribution in [0.1, 0.15) is 11.1 Å². The number of carbonyl (C=O) groups excluding carboxylic acids is 1. The second-order valence-corrected chi connectivity index (χ2v) is 7.29. The summed E-state index contributed by atoms with van der Waals surface area (Å²) in [6.45, 7) is 0. The molecule has 0 saturated carbocycles. The van der Waals surface area contributed by atoms with Gasteiger partial charge in [-0.15, -0.1) is 0 Å². The van der Waals surface area contributed by atoms with E-state index in [1.54, 1.807) is 0 Å². The van der Waals surface area contributed by atoms with Crippen molar-refractivity contribution < 1.29 is 14.3 Å². The normalized spacial score (nSPS) is 12.9. The fraction of sp³-hybridized carbons (Fsp3) is 0.348. The van der Waals surface area contributed by atoms with Gasteiger partial charge in [-0.2, -0.15) is 0 Å². The van der Waals surface area contributed by atoms with E-state index in [-0.39, 0.29) is 0 Å². The summed E-state index contributed by atoms with van der Waals surface area (Å²) in [6.07, 6.45) is 0. The predicted octanol–water partition coefficient (Wildman–Crippen LogP) is 3.04. The molecule has 0 saturated heterocycles. The zero-order valence-electron chi connectivity index (χ0n) is 18.3. The lowest BCUT2D eigenvalue weighted by Gasteiger charge is -2.48. The molecular formula is C23H31N3O3. The highest BCUT2D eigenvalue weighted by Gasteiger charge is 2.42. The van der Waals surface area contributed by atoms with Crippen LogP contribution in [0.25, 0.3) is 11.3 Å². The van der Waals surface area contributed by atoms with Crippen molar-refractivity contribution in [3.8, 4) is 0 Å². The minimum atomic E-state index is -0.945. The van der Waals surface area contributed by atoms with Gasteiger partial charge in [-0.25, -0.2) is 19.5 Å². The Bertz CT molecular complexity index is 809.